The van der Waals surface area contributed by atoms with E-state index >= 15 is 0 Å². The van der Waals surface area contributed by atoms with Crippen molar-refractivity contribution >= 4 is 22.7 Å². The molecule has 2 rings (SSSR count). The van der Waals surface area contributed by atoms with Crippen molar-refractivity contribution in [3.05, 3.63) is 36.1 Å². The van der Waals surface area contributed by atoms with E-state index in [0.717, 1.165) is 28.4 Å². The van der Waals surface area contributed by atoms with E-state index in [1.165, 1.54) is 12.2 Å². The first-order valence-electron chi connectivity index (χ1n) is 6.52. The molecular formula is C15H21NOS. The fraction of sp³-hybridized carbons (Fsp3) is 0.467. The highest BCUT2D eigenvalue weighted by Crippen LogP contribution is 2.25. The van der Waals surface area contributed by atoms with Gasteiger partial charge in [-0.1, -0.05) is 38.5 Å². The third-order valence-corrected chi connectivity index (χ3v) is 4.61. The predicted molar refractivity (Wildman–Crippen MR) is 79.9 cm³/mol. The van der Waals surface area contributed by atoms with Gasteiger partial charge in [-0.3, -0.25) is 0 Å². The van der Waals surface area contributed by atoms with Crippen LogP contribution in [0.2, 0.25) is 0 Å². The molecule has 2 N–H and O–H groups in total. The van der Waals surface area contributed by atoms with Crippen LogP contribution >= 0.6 is 11.8 Å². The van der Waals surface area contributed by atoms with E-state index in [1.54, 1.807) is 0 Å². The molecule has 0 saturated carbocycles. The molecular weight excluding hydrogens is 242 g/mol. The summed E-state index contributed by atoms with van der Waals surface area (Å²) in [6, 6.07) is 10.1. The van der Waals surface area contributed by atoms with Gasteiger partial charge in [0.2, 0.25) is 0 Å². The number of thioether (sulfide) groups is 1. The molecule has 1 aromatic carbocycles. The van der Waals surface area contributed by atoms with E-state index in [1.807, 2.05) is 30.0 Å². The lowest BCUT2D eigenvalue weighted by atomic mass is 10.2. The summed E-state index contributed by atoms with van der Waals surface area (Å²) in [6.07, 6.45) is 1.23. The summed E-state index contributed by atoms with van der Waals surface area (Å²) in [5.41, 5.74) is 7.10. The molecule has 0 aliphatic carbocycles. The fourth-order valence-corrected chi connectivity index (χ4v) is 2.97. The highest BCUT2D eigenvalue weighted by Gasteiger charge is 2.12. The lowest BCUT2D eigenvalue weighted by Gasteiger charge is -2.11. The van der Waals surface area contributed by atoms with E-state index < -0.39 is 0 Å². The summed E-state index contributed by atoms with van der Waals surface area (Å²) in [7, 11) is 0. The summed E-state index contributed by atoms with van der Waals surface area (Å²) in [5.74, 6) is 3.75. The van der Waals surface area contributed by atoms with Crippen LogP contribution in [0.3, 0.4) is 0 Å². The van der Waals surface area contributed by atoms with Crippen LogP contribution in [0.5, 0.6) is 0 Å². The Bertz CT molecular complexity index is 461. The van der Waals surface area contributed by atoms with Crippen LogP contribution in [0.1, 0.15) is 32.1 Å². The van der Waals surface area contributed by atoms with Gasteiger partial charge in [-0.15, -0.1) is 0 Å². The van der Waals surface area contributed by atoms with Crippen LogP contribution in [0.4, 0.5) is 0 Å². The second-order valence-electron chi connectivity index (χ2n) is 4.84. The molecule has 1 aromatic heterocycles. The average molecular weight is 263 g/mol. The summed E-state index contributed by atoms with van der Waals surface area (Å²) >= 11 is 1.91. The van der Waals surface area contributed by atoms with Gasteiger partial charge < -0.3 is 10.2 Å². The zero-order valence-electron chi connectivity index (χ0n) is 11.1. The Labute approximate surface area is 113 Å². The molecule has 0 radical (unpaired) electrons. The SMILES string of the molecule is CCC(C)CSCC(N)c1cc2ccccc2o1. The second-order valence-corrected chi connectivity index (χ2v) is 5.92. The first-order chi connectivity index (χ1) is 8.70. The largest absolute Gasteiger partial charge is 0.459 e. The quantitative estimate of drug-likeness (QED) is 0.848. The molecule has 2 nitrogen and oxygen atoms in total. The Morgan fingerprint density at radius 2 is 2.06 bits per heavy atom. The summed E-state index contributed by atoms with van der Waals surface area (Å²) in [4.78, 5) is 0. The minimum atomic E-state index is -0.00791. The number of furan rings is 1. The van der Waals surface area contributed by atoms with Crippen LogP contribution in [0, 0.1) is 5.92 Å². The monoisotopic (exact) mass is 263 g/mol. The minimum absolute atomic E-state index is 0.00791. The minimum Gasteiger partial charge on any atom is -0.459 e. The van der Waals surface area contributed by atoms with Gasteiger partial charge in [-0.05, 0) is 23.8 Å². The lowest BCUT2D eigenvalue weighted by Crippen LogP contribution is -2.13. The van der Waals surface area contributed by atoms with Crippen molar-refractivity contribution in [3.63, 3.8) is 0 Å². The highest BCUT2D eigenvalue weighted by molar-refractivity contribution is 7.99. The maximum absolute atomic E-state index is 6.17. The molecule has 1 heterocycles. The maximum Gasteiger partial charge on any atom is 0.134 e. The number of fused-ring (bicyclic) bond motifs is 1. The van der Waals surface area contributed by atoms with E-state index in [4.69, 9.17) is 10.2 Å². The van der Waals surface area contributed by atoms with Crippen LogP contribution in [0.15, 0.2) is 34.7 Å². The maximum atomic E-state index is 6.17. The third kappa shape index (κ3) is 3.30. The molecule has 0 bridgehead atoms. The van der Waals surface area contributed by atoms with E-state index in [9.17, 15) is 0 Å². The number of benzene rings is 1. The Balaban J connectivity index is 1.94. The topological polar surface area (TPSA) is 39.2 Å². The lowest BCUT2D eigenvalue weighted by molar-refractivity contribution is 0.515. The van der Waals surface area contributed by atoms with Crippen LogP contribution in [0.25, 0.3) is 11.0 Å². The summed E-state index contributed by atoms with van der Waals surface area (Å²) in [6.45, 7) is 4.50. The van der Waals surface area contributed by atoms with Crippen molar-refractivity contribution in [1.29, 1.82) is 0 Å². The molecule has 0 spiro atoms. The summed E-state index contributed by atoms with van der Waals surface area (Å²) < 4.78 is 5.78. The van der Waals surface area contributed by atoms with Gasteiger partial charge in [0, 0.05) is 11.1 Å². The molecule has 98 valence electrons. The Hall–Kier alpha value is -0.930. The highest BCUT2D eigenvalue weighted by atomic mass is 32.2. The molecule has 0 fully saturated rings. The van der Waals surface area contributed by atoms with Gasteiger partial charge in [-0.25, -0.2) is 0 Å². The molecule has 0 aliphatic heterocycles. The van der Waals surface area contributed by atoms with Gasteiger partial charge in [0.1, 0.15) is 11.3 Å². The first-order valence-corrected chi connectivity index (χ1v) is 7.68. The molecule has 3 heteroatoms. The zero-order valence-corrected chi connectivity index (χ0v) is 11.9. The fourth-order valence-electron chi connectivity index (χ4n) is 1.78. The number of hydrogen-bond acceptors (Lipinski definition) is 3. The Morgan fingerprint density at radius 1 is 1.28 bits per heavy atom. The van der Waals surface area contributed by atoms with Crippen molar-refractivity contribution in [1.82, 2.24) is 0 Å². The van der Waals surface area contributed by atoms with Crippen LogP contribution in [-0.2, 0) is 0 Å². The van der Waals surface area contributed by atoms with Crippen LogP contribution < -0.4 is 5.73 Å². The van der Waals surface area contributed by atoms with Gasteiger partial charge >= 0.3 is 0 Å². The first kappa shape index (κ1) is 13.5. The second kappa shape index (κ2) is 6.30. The van der Waals surface area contributed by atoms with Crippen molar-refractivity contribution in [2.75, 3.05) is 11.5 Å². The van der Waals surface area contributed by atoms with Crippen molar-refractivity contribution in [2.45, 2.75) is 26.3 Å². The average Bonchev–Trinajstić information content (AvgIpc) is 2.82. The van der Waals surface area contributed by atoms with Gasteiger partial charge in [-0.2, -0.15) is 11.8 Å². The number of hydrogen-bond donors (Lipinski definition) is 1. The van der Waals surface area contributed by atoms with E-state index in [2.05, 4.69) is 26.0 Å². The van der Waals surface area contributed by atoms with Crippen molar-refractivity contribution < 1.29 is 4.42 Å². The molecule has 0 saturated heterocycles. The molecule has 18 heavy (non-hydrogen) atoms. The van der Waals surface area contributed by atoms with Crippen molar-refractivity contribution in [2.24, 2.45) is 11.7 Å². The van der Waals surface area contributed by atoms with Crippen LogP contribution in [-0.4, -0.2) is 11.5 Å². The predicted octanol–water partition coefficient (Wildman–Crippen LogP) is 4.21. The molecule has 2 aromatic rings. The number of para-hydroxylation sites is 1. The molecule has 2 unspecified atom stereocenters. The number of rotatable bonds is 6. The van der Waals surface area contributed by atoms with Crippen molar-refractivity contribution in [3.8, 4) is 0 Å². The van der Waals surface area contributed by atoms with Gasteiger partial charge in [0.15, 0.2) is 0 Å². The molecule has 2 atom stereocenters. The smallest absolute Gasteiger partial charge is 0.134 e. The third-order valence-electron chi connectivity index (χ3n) is 3.21. The Morgan fingerprint density at radius 3 is 2.78 bits per heavy atom. The summed E-state index contributed by atoms with van der Waals surface area (Å²) in [5, 5.41) is 1.13. The standard InChI is InChI=1S/C15H21NOS/c1-3-11(2)9-18-10-13(16)15-8-12-6-4-5-7-14(12)17-15/h4-8,11,13H,3,9-10,16H2,1-2H3. The normalized spacial score (nSPS) is 14.8. The number of nitrogens with two attached hydrogens (primary N) is 1. The van der Waals surface area contributed by atoms with Gasteiger partial charge in [0.25, 0.3) is 0 Å². The van der Waals surface area contributed by atoms with E-state index in [-0.39, 0.29) is 6.04 Å². The van der Waals surface area contributed by atoms with E-state index in [0.29, 0.717) is 0 Å². The zero-order chi connectivity index (χ0) is 13.0. The molecule has 0 amide bonds. The molecule has 0 aliphatic rings. The Kier molecular flexibility index (Phi) is 4.72. The van der Waals surface area contributed by atoms with Gasteiger partial charge in [0.05, 0.1) is 6.04 Å².